The molecule has 2 unspecified atom stereocenters. The molecule has 1 amide bonds. The zero-order valence-corrected chi connectivity index (χ0v) is 15.1. The number of likely N-dealkylation sites (N-methyl/N-ethyl adjacent to an activating group) is 1. The van der Waals surface area contributed by atoms with Crippen LogP contribution in [0, 0.1) is 0 Å². The van der Waals surface area contributed by atoms with E-state index in [2.05, 4.69) is 15.1 Å². The van der Waals surface area contributed by atoms with Crippen molar-refractivity contribution in [1.29, 1.82) is 0 Å². The molecule has 0 aliphatic carbocycles. The molecule has 2 atom stereocenters. The van der Waals surface area contributed by atoms with Crippen LogP contribution < -0.4 is 10.1 Å². The Morgan fingerprint density at radius 1 is 1.46 bits per heavy atom. The van der Waals surface area contributed by atoms with E-state index in [1.807, 2.05) is 45.3 Å². The second kappa shape index (κ2) is 9.01. The fourth-order valence-electron chi connectivity index (χ4n) is 2.96. The normalized spacial score (nSPS) is 20.0. The molecule has 1 heterocycles. The minimum absolute atomic E-state index is 0.0337. The molecule has 1 aromatic carbocycles. The fraction of sp³-hybridized carbons (Fsp3) is 0.611. The number of ether oxygens (including phenoxy) is 2. The number of morpholine rings is 1. The molecule has 0 aromatic heterocycles. The molecule has 0 saturated carbocycles. The standard InChI is InChI=1S/C18H29N3O3/c1-14(21-9-10-24-16(13-21)12-20(2)3)18(22)19-11-15-7-5-6-8-17(15)23-4/h5-8,14,16H,9-13H2,1-4H3,(H,19,22). The number of nitrogens with one attached hydrogen (secondary N) is 1. The minimum atomic E-state index is -0.173. The average molecular weight is 335 g/mol. The predicted molar refractivity (Wildman–Crippen MR) is 94.2 cm³/mol. The lowest BCUT2D eigenvalue weighted by molar-refractivity contribution is -0.129. The van der Waals surface area contributed by atoms with Gasteiger partial charge in [-0.1, -0.05) is 18.2 Å². The van der Waals surface area contributed by atoms with Gasteiger partial charge in [-0.2, -0.15) is 0 Å². The van der Waals surface area contributed by atoms with E-state index in [0.29, 0.717) is 13.2 Å². The SMILES string of the molecule is COc1ccccc1CNC(=O)C(C)N1CCOC(CN(C)C)C1. The third kappa shape index (κ3) is 5.19. The summed E-state index contributed by atoms with van der Waals surface area (Å²) in [5, 5.41) is 3.01. The number of para-hydroxylation sites is 1. The summed E-state index contributed by atoms with van der Waals surface area (Å²) in [4.78, 5) is 16.8. The van der Waals surface area contributed by atoms with Gasteiger partial charge in [-0.3, -0.25) is 9.69 Å². The van der Waals surface area contributed by atoms with E-state index in [1.54, 1.807) is 7.11 Å². The Kier molecular flexibility index (Phi) is 7.02. The van der Waals surface area contributed by atoms with E-state index < -0.39 is 0 Å². The van der Waals surface area contributed by atoms with Crippen LogP contribution in [0.2, 0.25) is 0 Å². The molecule has 2 rings (SSSR count). The van der Waals surface area contributed by atoms with Crippen molar-refractivity contribution < 1.29 is 14.3 Å². The number of nitrogens with zero attached hydrogens (tertiary/aromatic N) is 2. The maximum atomic E-state index is 12.5. The molecule has 1 saturated heterocycles. The monoisotopic (exact) mass is 335 g/mol. The first kappa shape index (κ1) is 18.7. The van der Waals surface area contributed by atoms with Gasteiger partial charge in [0, 0.05) is 31.7 Å². The molecule has 1 fully saturated rings. The quantitative estimate of drug-likeness (QED) is 0.804. The van der Waals surface area contributed by atoms with Crippen molar-refractivity contribution in [3.63, 3.8) is 0 Å². The predicted octanol–water partition coefficient (Wildman–Crippen LogP) is 0.962. The zero-order valence-electron chi connectivity index (χ0n) is 15.1. The van der Waals surface area contributed by atoms with Crippen LogP contribution in [0.15, 0.2) is 24.3 Å². The van der Waals surface area contributed by atoms with Gasteiger partial charge in [0.05, 0.1) is 25.9 Å². The lowest BCUT2D eigenvalue weighted by atomic mass is 10.1. The molecule has 0 bridgehead atoms. The van der Waals surface area contributed by atoms with E-state index >= 15 is 0 Å². The number of carbonyl (C=O) groups is 1. The maximum absolute atomic E-state index is 12.5. The van der Waals surface area contributed by atoms with Crippen molar-refractivity contribution in [3.05, 3.63) is 29.8 Å². The first-order valence-corrected chi connectivity index (χ1v) is 8.41. The molecular formula is C18H29N3O3. The third-order valence-electron chi connectivity index (χ3n) is 4.31. The van der Waals surface area contributed by atoms with Crippen LogP contribution in [0.4, 0.5) is 0 Å². The van der Waals surface area contributed by atoms with Gasteiger partial charge in [-0.05, 0) is 27.1 Å². The number of rotatable bonds is 7. The molecule has 24 heavy (non-hydrogen) atoms. The summed E-state index contributed by atoms with van der Waals surface area (Å²) < 4.78 is 11.1. The number of hydrogen-bond donors (Lipinski definition) is 1. The van der Waals surface area contributed by atoms with Gasteiger partial charge in [0.2, 0.25) is 5.91 Å². The number of methoxy groups -OCH3 is 1. The Hall–Kier alpha value is -1.63. The molecular weight excluding hydrogens is 306 g/mol. The van der Waals surface area contributed by atoms with Crippen molar-refractivity contribution in [2.75, 3.05) is 47.4 Å². The summed E-state index contributed by atoms with van der Waals surface area (Å²) in [5.41, 5.74) is 0.980. The van der Waals surface area contributed by atoms with Crippen molar-refractivity contribution in [3.8, 4) is 5.75 Å². The first-order chi connectivity index (χ1) is 11.5. The van der Waals surface area contributed by atoms with Crippen molar-refractivity contribution >= 4 is 5.91 Å². The third-order valence-corrected chi connectivity index (χ3v) is 4.31. The van der Waals surface area contributed by atoms with E-state index in [0.717, 1.165) is 30.9 Å². The molecule has 0 spiro atoms. The molecule has 1 N–H and O–H groups in total. The molecule has 134 valence electrons. The molecule has 6 nitrogen and oxygen atoms in total. The highest BCUT2D eigenvalue weighted by Crippen LogP contribution is 2.17. The molecule has 0 radical (unpaired) electrons. The highest BCUT2D eigenvalue weighted by Gasteiger charge is 2.28. The van der Waals surface area contributed by atoms with Crippen molar-refractivity contribution in [2.24, 2.45) is 0 Å². The highest BCUT2D eigenvalue weighted by atomic mass is 16.5. The van der Waals surface area contributed by atoms with Gasteiger partial charge >= 0.3 is 0 Å². The second-order valence-corrected chi connectivity index (χ2v) is 6.46. The van der Waals surface area contributed by atoms with Gasteiger partial charge in [0.25, 0.3) is 0 Å². The van der Waals surface area contributed by atoms with Crippen LogP contribution in [0.1, 0.15) is 12.5 Å². The van der Waals surface area contributed by atoms with Crippen molar-refractivity contribution in [2.45, 2.75) is 25.6 Å². The van der Waals surface area contributed by atoms with Crippen LogP contribution in [0.25, 0.3) is 0 Å². The van der Waals surface area contributed by atoms with Crippen LogP contribution in [0.3, 0.4) is 0 Å². The van der Waals surface area contributed by atoms with Crippen LogP contribution in [-0.2, 0) is 16.1 Å². The highest BCUT2D eigenvalue weighted by molar-refractivity contribution is 5.81. The minimum Gasteiger partial charge on any atom is -0.496 e. The van der Waals surface area contributed by atoms with E-state index in [4.69, 9.17) is 9.47 Å². The average Bonchev–Trinajstić information content (AvgIpc) is 2.58. The van der Waals surface area contributed by atoms with Crippen molar-refractivity contribution in [1.82, 2.24) is 15.1 Å². The first-order valence-electron chi connectivity index (χ1n) is 8.41. The lowest BCUT2D eigenvalue weighted by Crippen LogP contribution is -2.53. The Balaban J connectivity index is 1.87. The Labute approximate surface area is 144 Å². The molecule has 1 aliphatic rings. The maximum Gasteiger partial charge on any atom is 0.237 e. The Morgan fingerprint density at radius 2 is 2.21 bits per heavy atom. The van der Waals surface area contributed by atoms with Crippen LogP contribution in [-0.4, -0.2) is 75.3 Å². The fourth-order valence-corrected chi connectivity index (χ4v) is 2.96. The zero-order chi connectivity index (χ0) is 17.5. The Bertz CT molecular complexity index is 536. The van der Waals surface area contributed by atoms with Crippen LogP contribution in [0.5, 0.6) is 5.75 Å². The lowest BCUT2D eigenvalue weighted by Gasteiger charge is -2.37. The number of amides is 1. The number of hydrogen-bond acceptors (Lipinski definition) is 5. The molecule has 6 heteroatoms. The molecule has 1 aliphatic heterocycles. The van der Waals surface area contributed by atoms with E-state index in [-0.39, 0.29) is 18.1 Å². The molecule has 1 aromatic rings. The van der Waals surface area contributed by atoms with Gasteiger partial charge in [-0.25, -0.2) is 0 Å². The van der Waals surface area contributed by atoms with Gasteiger partial charge in [0.1, 0.15) is 5.75 Å². The summed E-state index contributed by atoms with van der Waals surface area (Å²) in [6.07, 6.45) is 0.151. The largest absolute Gasteiger partial charge is 0.496 e. The van der Waals surface area contributed by atoms with Gasteiger partial charge in [0.15, 0.2) is 0 Å². The summed E-state index contributed by atoms with van der Waals surface area (Å²) in [6, 6.07) is 7.56. The van der Waals surface area contributed by atoms with E-state index in [1.165, 1.54) is 0 Å². The topological polar surface area (TPSA) is 54.0 Å². The summed E-state index contributed by atoms with van der Waals surface area (Å²) in [5.74, 6) is 0.828. The van der Waals surface area contributed by atoms with Gasteiger partial charge in [-0.15, -0.1) is 0 Å². The number of carbonyl (C=O) groups excluding carboxylic acids is 1. The number of benzene rings is 1. The van der Waals surface area contributed by atoms with Crippen LogP contribution >= 0.6 is 0 Å². The second-order valence-electron chi connectivity index (χ2n) is 6.46. The summed E-state index contributed by atoms with van der Waals surface area (Å²) in [6.45, 7) is 5.53. The Morgan fingerprint density at radius 3 is 2.92 bits per heavy atom. The van der Waals surface area contributed by atoms with Gasteiger partial charge < -0.3 is 19.7 Å². The van der Waals surface area contributed by atoms with E-state index in [9.17, 15) is 4.79 Å². The summed E-state index contributed by atoms with van der Waals surface area (Å²) >= 11 is 0. The summed E-state index contributed by atoms with van der Waals surface area (Å²) in [7, 11) is 5.71. The smallest absolute Gasteiger partial charge is 0.237 e.